The molecule has 0 saturated carbocycles. The molecule has 0 aliphatic carbocycles. The Hall–Kier alpha value is -2.60. The average molecular weight is 310 g/mol. The molecule has 0 unspecified atom stereocenters. The molecule has 3 rings (SSSR count). The largest absolute Gasteiger partial charge is 0.302 e. The Balaban J connectivity index is 1.57. The van der Waals surface area contributed by atoms with Crippen molar-refractivity contribution < 1.29 is 4.79 Å². The van der Waals surface area contributed by atoms with E-state index in [4.69, 9.17) is 0 Å². The normalized spacial score (nSPS) is 10.4. The third kappa shape index (κ3) is 3.73. The van der Waals surface area contributed by atoms with Crippen LogP contribution in [-0.4, -0.2) is 20.9 Å². The smallest absolute Gasteiger partial charge is 0.226 e. The summed E-state index contributed by atoms with van der Waals surface area (Å²) < 4.78 is 0. The van der Waals surface area contributed by atoms with E-state index in [9.17, 15) is 4.79 Å². The van der Waals surface area contributed by atoms with Crippen molar-refractivity contribution in [2.45, 2.75) is 12.8 Å². The van der Waals surface area contributed by atoms with Gasteiger partial charge in [0, 0.05) is 18.0 Å². The summed E-state index contributed by atoms with van der Waals surface area (Å²) in [5.74, 6) is -0.0348. The third-order valence-electron chi connectivity index (χ3n) is 3.08. The number of thiazole rings is 1. The van der Waals surface area contributed by atoms with Crippen molar-refractivity contribution in [2.75, 3.05) is 5.32 Å². The van der Waals surface area contributed by atoms with Crippen molar-refractivity contribution >= 4 is 22.4 Å². The van der Waals surface area contributed by atoms with Gasteiger partial charge in [0.1, 0.15) is 12.0 Å². The van der Waals surface area contributed by atoms with Crippen molar-refractivity contribution in [3.05, 3.63) is 59.9 Å². The van der Waals surface area contributed by atoms with Crippen molar-refractivity contribution in [2.24, 2.45) is 0 Å². The van der Waals surface area contributed by atoms with Gasteiger partial charge in [-0.3, -0.25) is 4.79 Å². The maximum absolute atomic E-state index is 12.0. The van der Waals surface area contributed by atoms with Gasteiger partial charge >= 0.3 is 0 Å². The molecule has 0 saturated heterocycles. The summed E-state index contributed by atoms with van der Waals surface area (Å²) in [4.78, 5) is 24.3. The first-order valence-electron chi connectivity index (χ1n) is 6.87. The lowest BCUT2D eigenvalue weighted by Gasteiger charge is -2.02. The highest BCUT2D eigenvalue weighted by atomic mass is 32.1. The van der Waals surface area contributed by atoms with Gasteiger partial charge < -0.3 is 5.32 Å². The summed E-state index contributed by atoms with van der Waals surface area (Å²) in [6, 6.07) is 11.7. The standard InChI is InChI=1S/C16H14N4OS/c21-15(7-6-12-4-2-1-3-5-12)20-16-19-14(10-22-16)13-8-9-17-11-18-13/h1-5,8-11H,6-7H2,(H,19,20,21). The lowest BCUT2D eigenvalue weighted by molar-refractivity contribution is -0.116. The number of carbonyl (C=O) groups is 1. The molecular formula is C16H14N4OS. The number of rotatable bonds is 5. The van der Waals surface area contributed by atoms with Crippen LogP contribution in [0.15, 0.2) is 54.3 Å². The first-order chi connectivity index (χ1) is 10.8. The van der Waals surface area contributed by atoms with Crippen LogP contribution in [0.3, 0.4) is 0 Å². The van der Waals surface area contributed by atoms with Crippen LogP contribution in [0.4, 0.5) is 5.13 Å². The minimum absolute atomic E-state index is 0.0348. The number of aryl methyl sites for hydroxylation is 1. The molecule has 3 aromatic rings. The van der Waals surface area contributed by atoms with E-state index in [1.807, 2.05) is 35.7 Å². The zero-order valence-corrected chi connectivity index (χ0v) is 12.6. The number of carbonyl (C=O) groups excluding carboxylic acids is 1. The molecule has 2 aromatic heterocycles. The van der Waals surface area contributed by atoms with Crippen LogP contribution < -0.4 is 5.32 Å². The van der Waals surface area contributed by atoms with Crippen LogP contribution in [0, 0.1) is 0 Å². The maximum Gasteiger partial charge on any atom is 0.226 e. The van der Waals surface area contributed by atoms with E-state index in [0.29, 0.717) is 11.6 Å². The van der Waals surface area contributed by atoms with Crippen molar-refractivity contribution in [3.8, 4) is 11.4 Å². The van der Waals surface area contributed by atoms with Crippen LogP contribution in [0.5, 0.6) is 0 Å². The van der Waals surface area contributed by atoms with E-state index in [-0.39, 0.29) is 5.91 Å². The molecule has 0 radical (unpaired) electrons. The lowest BCUT2D eigenvalue weighted by Crippen LogP contribution is -2.12. The van der Waals surface area contributed by atoms with Crippen LogP contribution in [0.2, 0.25) is 0 Å². The van der Waals surface area contributed by atoms with Gasteiger partial charge in [0.25, 0.3) is 0 Å². The van der Waals surface area contributed by atoms with Crippen LogP contribution in [0.25, 0.3) is 11.4 Å². The van der Waals surface area contributed by atoms with Gasteiger partial charge in [-0.15, -0.1) is 11.3 Å². The molecule has 1 amide bonds. The topological polar surface area (TPSA) is 67.8 Å². The molecule has 0 atom stereocenters. The van der Waals surface area contributed by atoms with E-state index >= 15 is 0 Å². The molecular weight excluding hydrogens is 296 g/mol. The zero-order chi connectivity index (χ0) is 15.2. The molecule has 6 heteroatoms. The summed E-state index contributed by atoms with van der Waals surface area (Å²) in [6.07, 6.45) is 4.30. The zero-order valence-electron chi connectivity index (χ0n) is 11.8. The van der Waals surface area contributed by atoms with E-state index in [1.165, 1.54) is 17.7 Å². The quantitative estimate of drug-likeness (QED) is 0.786. The van der Waals surface area contributed by atoms with Crippen LogP contribution in [-0.2, 0) is 11.2 Å². The third-order valence-corrected chi connectivity index (χ3v) is 3.84. The molecule has 0 bridgehead atoms. The van der Waals surface area contributed by atoms with E-state index in [1.54, 1.807) is 12.3 Å². The number of amides is 1. The molecule has 0 aliphatic rings. The second-order valence-electron chi connectivity index (χ2n) is 4.67. The number of nitrogens with one attached hydrogen (secondary N) is 1. The number of benzene rings is 1. The number of anilines is 1. The molecule has 0 fully saturated rings. The van der Waals surface area contributed by atoms with E-state index < -0.39 is 0 Å². The maximum atomic E-state index is 12.0. The lowest BCUT2D eigenvalue weighted by atomic mass is 10.1. The molecule has 1 aromatic carbocycles. The highest BCUT2D eigenvalue weighted by molar-refractivity contribution is 7.14. The average Bonchev–Trinajstić information content (AvgIpc) is 3.03. The minimum Gasteiger partial charge on any atom is -0.302 e. The molecule has 5 nitrogen and oxygen atoms in total. The molecule has 0 spiro atoms. The Morgan fingerprint density at radius 3 is 2.77 bits per heavy atom. The van der Waals surface area contributed by atoms with Crippen molar-refractivity contribution in [3.63, 3.8) is 0 Å². The predicted molar refractivity (Wildman–Crippen MR) is 86.5 cm³/mol. The fourth-order valence-electron chi connectivity index (χ4n) is 1.98. The van der Waals surface area contributed by atoms with E-state index in [2.05, 4.69) is 20.3 Å². The second-order valence-corrected chi connectivity index (χ2v) is 5.52. The highest BCUT2D eigenvalue weighted by Crippen LogP contribution is 2.23. The van der Waals surface area contributed by atoms with Crippen molar-refractivity contribution in [1.29, 1.82) is 0 Å². The number of hydrogen-bond acceptors (Lipinski definition) is 5. The molecule has 22 heavy (non-hydrogen) atoms. The fourth-order valence-corrected chi connectivity index (χ4v) is 2.70. The van der Waals surface area contributed by atoms with Gasteiger partial charge in [-0.1, -0.05) is 30.3 Å². The minimum atomic E-state index is -0.0348. The summed E-state index contributed by atoms with van der Waals surface area (Å²) in [5, 5.41) is 5.29. The summed E-state index contributed by atoms with van der Waals surface area (Å²) in [5.41, 5.74) is 2.64. The summed E-state index contributed by atoms with van der Waals surface area (Å²) >= 11 is 1.39. The highest BCUT2D eigenvalue weighted by Gasteiger charge is 2.08. The Kier molecular flexibility index (Phi) is 4.50. The Morgan fingerprint density at radius 1 is 1.14 bits per heavy atom. The summed E-state index contributed by atoms with van der Waals surface area (Å²) in [7, 11) is 0. The van der Waals surface area contributed by atoms with Gasteiger partial charge in [-0.25, -0.2) is 15.0 Å². The SMILES string of the molecule is O=C(CCc1ccccc1)Nc1nc(-c2ccncn2)cs1. The number of hydrogen-bond donors (Lipinski definition) is 1. The van der Waals surface area contributed by atoms with Gasteiger partial charge in [-0.05, 0) is 18.1 Å². The van der Waals surface area contributed by atoms with Gasteiger partial charge in [0.05, 0.1) is 5.69 Å². The molecule has 110 valence electrons. The first kappa shape index (κ1) is 14.3. The summed E-state index contributed by atoms with van der Waals surface area (Å²) in [6.45, 7) is 0. The van der Waals surface area contributed by atoms with Gasteiger partial charge in [0.2, 0.25) is 5.91 Å². The Labute approximate surface area is 132 Å². The first-order valence-corrected chi connectivity index (χ1v) is 7.75. The van der Waals surface area contributed by atoms with Gasteiger partial charge in [0.15, 0.2) is 5.13 Å². The van der Waals surface area contributed by atoms with E-state index in [0.717, 1.165) is 23.4 Å². The Morgan fingerprint density at radius 2 is 2.00 bits per heavy atom. The fraction of sp³-hybridized carbons (Fsp3) is 0.125. The molecule has 0 aliphatic heterocycles. The molecule has 1 N–H and O–H groups in total. The van der Waals surface area contributed by atoms with Crippen LogP contribution in [0.1, 0.15) is 12.0 Å². The Bertz CT molecular complexity index is 743. The number of nitrogens with zero attached hydrogens (tertiary/aromatic N) is 3. The monoisotopic (exact) mass is 310 g/mol. The van der Waals surface area contributed by atoms with Gasteiger partial charge in [-0.2, -0.15) is 0 Å². The molecule has 2 heterocycles. The second kappa shape index (κ2) is 6.91. The predicted octanol–water partition coefficient (Wildman–Crippen LogP) is 3.17. The van der Waals surface area contributed by atoms with Crippen LogP contribution >= 0.6 is 11.3 Å². The number of aromatic nitrogens is 3. The van der Waals surface area contributed by atoms with Crippen molar-refractivity contribution in [1.82, 2.24) is 15.0 Å².